The van der Waals surface area contributed by atoms with Crippen LogP contribution in [0.2, 0.25) is 10.0 Å². The predicted octanol–water partition coefficient (Wildman–Crippen LogP) is 4.69. The molecule has 6 nitrogen and oxygen atoms in total. The molecule has 1 spiro atoms. The van der Waals surface area contributed by atoms with E-state index in [9.17, 15) is 19.2 Å². The van der Waals surface area contributed by atoms with Gasteiger partial charge in [0.2, 0.25) is 29.0 Å². The molecule has 2 amide bonds. The average Bonchev–Trinajstić information content (AvgIpc) is 3.40. The summed E-state index contributed by atoms with van der Waals surface area (Å²) in [5.41, 5.74) is -1.01. The van der Waals surface area contributed by atoms with Gasteiger partial charge in [-0.25, -0.2) is 4.90 Å². The predicted molar refractivity (Wildman–Crippen MR) is 124 cm³/mol. The monoisotopic (exact) mass is 491 g/mol. The van der Waals surface area contributed by atoms with Gasteiger partial charge in [-0.05, 0) is 23.8 Å². The number of fused-ring (bicyclic) bond motifs is 3. The Morgan fingerprint density at radius 3 is 2.00 bits per heavy atom. The summed E-state index contributed by atoms with van der Waals surface area (Å²) in [7, 11) is 0. The Bertz CT molecular complexity index is 1380. The highest BCUT2D eigenvalue weighted by molar-refractivity contribution is 6.40. The highest BCUT2D eigenvalue weighted by atomic mass is 35.5. The number of anilines is 1. The first-order valence-electron chi connectivity index (χ1n) is 10.6. The molecule has 34 heavy (non-hydrogen) atoms. The third-order valence-corrected chi connectivity index (χ3v) is 7.34. The third-order valence-electron chi connectivity index (χ3n) is 6.80. The highest BCUT2D eigenvalue weighted by Gasteiger charge is 2.74. The highest BCUT2D eigenvalue weighted by Crippen LogP contribution is 2.58. The zero-order chi connectivity index (χ0) is 23.8. The van der Waals surface area contributed by atoms with Crippen molar-refractivity contribution in [1.29, 1.82) is 0 Å². The van der Waals surface area contributed by atoms with Crippen molar-refractivity contribution < 1.29 is 23.9 Å². The molecule has 8 heteroatoms. The van der Waals surface area contributed by atoms with Gasteiger partial charge in [0, 0.05) is 16.1 Å². The summed E-state index contributed by atoms with van der Waals surface area (Å²) in [5.74, 6) is -4.90. The average molecular weight is 492 g/mol. The summed E-state index contributed by atoms with van der Waals surface area (Å²) < 4.78 is 6.22. The van der Waals surface area contributed by atoms with Crippen LogP contribution in [0, 0.1) is 11.8 Å². The molecule has 0 unspecified atom stereocenters. The van der Waals surface area contributed by atoms with Crippen molar-refractivity contribution in [2.75, 3.05) is 4.90 Å². The lowest BCUT2D eigenvalue weighted by Gasteiger charge is -2.27. The van der Waals surface area contributed by atoms with Gasteiger partial charge < -0.3 is 4.74 Å². The molecule has 6 rings (SSSR count). The number of hydrogen-bond donors (Lipinski definition) is 0. The summed E-state index contributed by atoms with van der Waals surface area (Å²) >= 11 is 12.3. The second-order valence-corrected chi connectivity index (χ2v) is 9.34. The molecule has 2 aliphatic heterocycles. The van der Waals surface area contributed by atoms with Crippen LogP contribution in [0.25, 0.3) is 0 Å². The van der Waals surface area contributed by atoms with E-state index in [0.717, 1.165) is 4.90 Å². The minimum atomic E-state index is -2.12. The van der Waals surface area contributed by atoms with E-state index in [0.29, 0.717) is 10.6 Å². The van der Waals surface area contributed by atoms with Crippen LogP contribution in [-0.2, 0) is 14.3 Å². The standard InChI is InChI=1S/C26H15Cl2NO5/c27-14-10-11-18(17(28)12-14)29-24(32)19-20(25(29)33)26(34-21(19)13-6-2-1-3-7-13)22(30)15-8-4-5-9-16(15)23(26)31/h1-12,19-21H/t19-,20-,21+/m0/s1. The first-order valence-corrected chi connectivity index (χ1v) is 11.4. The number of benzene rings is 3. The number of carbonyl (C=O) groups excluding carboxylic acids is 4. The van der Waals surface area contributed by atoms with Crippen LogP contribution in [0.1, 0.15) is 32.4 Å². The number of carbonyl (C=O) groups is 4. The second kappa shape index (κ2) is 7.34. The van der Waals surface area contributed by atoms with Crippen molar-refractivity contribution in [1.82, 2.24) is 0 Å². The van der Waals surface area contributed by atoms with Crippen LogP contribution in [0.4, 0.5) is 5.69 Å². The van der Waals surface area contributed by atoms with Crippen LogP contribution in [0.3, 0.4) is 0 Å². The van der Waals surface area contributed by atoms with Crippen molar-refractivity contribution in [3.05, 3.63) is 99.5 Å². The Hall–Kier alpha value is -3.32. The van der Waals surface area contributed by atoms with Gasteiger partial charge in [-0.15, -0.1) is 0 Å². The third kappa shape index (κ3) is 2.61. The Morgan fingerprint density at radius 1 is 0.765 bits per heavy atom. The first-order chi connectivity index (χ1) is 16.4. The molecular formula is C26H15Cl2NO5. The Labute approximate surface area is 204 Å². The van der Waals surface area contributed by atoms with Crippen LogP contribution in [0.5, 0.6) is 0 Å². The fourth-order valence-electron chi connectivity index (χ4n) is 5.36. The van der Waals surface area contributed by atoms with Crippen molar-refractivity contribution >= 4 is 52.3 Å². The first kappa shape index (κ1) is 21.2. The van der Waals surface area contributed by atoms with Crippen molar-refractivity contribution in [2.45, 2.75) is 11.7 Å². The maximum atomic E-state index is 13.8. The Morgan fingerprint density at radius 2 is 1.38 bits per heavy atom. The number of Topliss-reactive ketones (excluding diaryl/α,β-unsaturated/α-hetero) is 2. The lowest BCUT2D eigenvalue weighted by atomic mass is 9.77. The molecule has 3 aliphatic rings. The fraction of sp³-hybridized carbons (Fsp3) is 0.154. The molecule has 0 bridgehead atoms. The normalized spacial score (nSPS) is 24.8. The molecule has 2 fully saturated rings. The number of amides is 2. The molecule has 0 N–H and O–H groups in total. The second-order valence-electron chi connectivity index (χ2n) is 8.50. The molecular weight excluding hydrogens is 477 g/mol. The molecule has 3 aromatic carbocycles. The van der Waals surface area contributed by atoms with Gasteiger partial charge in [-0.2, -0.15) is 0 Å². The smallest absolute Gasteiger partial charge is 0.241 e. The number of hydrogen-bond acceptors (Lipinski definition) is 5. The van der Waals surface area contributed by atoms with Crippen molar-refractivity contribution in [3.8, 4) is 0 Å². The minimum Gasteiger partial charge on any atom is -0.349 e. The lowest BCUT2D eigenvalue weighted by Crippen LogP contribution is -2.51. The SMILES string of the molecule is O=C1[C@@H]2[C@@H](c3ccccc3)OC3(C(=O)c4ccccc4C3=O)[C@@H]2C(=O)N1c1ccc(Cl)cc1Cl. The van der Waals surface area contributed by atoms with Gasteiger partial charge in [-0.3, -0.25) is 19.2 Å². The number of imide groups is 1. The molecule has 0 saturated carbocycles. The summed E-state index contributed by atoms with van der Waals surface area (Å²) in [6.07, 6.45) is -0.971. The van der Waals surface area contributed by atoms with Gasteiger partial charge in [0.15, 0.2) is 0 Å². The molecule has 1 aliphatic carbocycles. The van der Waals surface area contributed by atoms with E-state index in [-0.39, 0.29) is 21.8 Å². The van der Waals surface area contributed by atoms with E-state index in [1.807, 2.05) is 0 Å². The lowest BCUT2D eigenvalue weighted by molar-refractivity contribution is -0.127. The minimum absolute atomic E-state index is 0.104. The fourth-order valence-corrected chi connectivity index (χ4v) is 5.85. The molecule has 168 valence electrons. The summed E-state index contributed by atoms with van der Waals surface area (Å²) in [6.45, 7) is 0. The maximum absolute atomic E-state index is 13.8. The van der Waals surface area contributed by atoms with Gasteiger partial charge in [0.25, 0.3) is 0 Å². The quantitative estimate of drug-likeness (QED) is 0.383. The van der Waals surface area contributed by atoms with Crippen LogP contribution >= 0.6 is 23.2 Å². The van der Waals surface area contributed by atoms with E-state index >= 15 is 0 Å². The van der Waals surface area contributed by atoms with E-state index < -0.39 is 46.9 Å². The van der Waals surface area contributed by atoms with Crippen molar-refractivity contribution in [3.63, 3.8) is 0 Å². The molecule has 0 radical (unpaired) electrons. The molecule has 3 atom stereocenters. The van der Waals surface area contributed by atoms with Gasteiger partial charge in [0.1, 0.15) is 0 Å². The number of halogens is 2. The number of ether oxygens (including phenoxy) is 1. The molecule has 3 aromatic rings. The van der Waals surface area contributed by atoms with Gasteiger partial charge in [0.05, 0.1) is 28.6 Å². The maximum Gasteiger partial charge on any atom is 0.241 e. The van der Waals surface area contributed by atoms with Crippen LogP contribution in [0.15, 0.2) is 72.8 Å². The van der Waals surface area contributed by atoms with E-state index in [4.69, 9.17) is 27.9 Å². The summed E-state index contributed by atoms with van der Waals surface area (Å²) in [5, 5.41) is 0.444. The van der Waals surface area contributed by atoms with E-state index in [1.54, 1.807) is 42.5 Å². The Kier molecular flexibility index (Phi) is 4.58. The van der Waals surface area contributed by atoms with Crippen LogP contribution in [-0.4, -0.2) is 29.0 Å². The van der Waals surface area contributed by atoms with E-state index in [1.165, 1.54) is 30.3 Å². The molecule has 0 aromatic heterocycles. The van der Waals surface area contributed by atoms with E-state index in [2.05, 4.69) is 0 Å². The zero-order valence-corrected chi connectivity index (χ0v) is 18.9. The molecule has 2 heterocycles. The van der Waals surface area contributed by atoms with Gasteiger partial charge in [-0.1, -0.05) is 77.8 Å². The Balaban J connectivity index is 1.56. The van der Waals surface area contributed by atoms with Crippen molar-refractivity contribution in [2.24, 2.45) is 11.8 Å². The number of ketones is 2. The molecule has 2 saturated heterocycles. The summed E-state index contributed by atoms with van der Waals surface area (Å²) in [4.78, 5) is 55.9. The number of nitrogens with zero attached hydrogens (tertiary/aromatic N) is 1. The largest absolute Gasteiger partial charge is 0.349 e. The van der Waals surface area contributed by atoms with Crippen LogP contribution < -0.4 is 4.90 Å². The zero-order valence-electron chi connectivity index (χ0n) is 17.4. The van der Waals surface area contributed by atoms with Gasteiger partial charge >= 0.3 is 0 Å². The summed E-state index contributed by atoms with van der Waals surface area (Å²) in [6, 6.07) is 19.6. The number of rotatable bonds is 2. The topological polar surface area (TPSA) is 80.8 Å².